The number of rotatable bonds is 5. The number of aliphatic carboxylic acids is 1. The van der Waals surface area contributed by atoms with Crippen LogP contribution in [-0.2, 0) is 14.6 Å². The van der Waals surface area contributed by atoms with E-state index < -0.39 is 27.3 Å². The largest absolute Gasteiger partial charge is 0.496 e. The molecule has 8 heteroatoms. The minimum absolute atomic E-state index is 0.00613. The second-order valence-corrected chi connectivity index (χ2v) is 8.05. The summed E-state index contributed by atoms with van der Waals surface area (Å²) >= 11 is 0. The van der Waals surface area contributed by atoms with Crippen molar-refractivity contribution in [3.05, 3.63) is 23.8 Å². The van der Waals surface area contributed by atoms with Gasteiger partial charge in [-0.25, -0.2) is 13.2 Å². The second kappa shape index (κ2) is 6.80. The summed E-state index contributed by atoms with van der Waals surface area (Å²) < 4.78 is 28.5. The molecule has 1 saturated carbocycles. The number of methoxy groups -OCH3 is 1. The number of ether oxygens (including phenoxy) is 1. The molecule has 132 valence electrons. The van der Waals surface area contributed by atoms with Crippen LogP contribution in [0.5, 0.6) is 5.75 Å². The highest BCUT2D eigenvalue weighted by Gasteiger charge is 2.41. The Morgan fingerprint density at radius 2 is 1.83 bits per heavy atom. The molecule has 24 heavy (non-hydrogen) atoms. The molecule has 0 atom stereocenters. The highest BCUT2D eigenvalue weighted by atomic mass is 32.2. The molecule has 1 aliphatic rings. The molecule has 0 saturated heterocycles. The van der Waals surface area contributed by atoms with Crippen molar-refractivity contribution in [2.75, 3.05) is 13.4 Å². The SMILES string of the molecule is COc1ccc(S(C)(=O)=O)cc1C(=O)NC1(C(=O)O)CCCCC1. The standard InChI is InChI=1S/C16H21NO6S/c1-23-13-7-6-11(24(2,21)22)10-12(13)14(18)17-16(15(19)20)8-4-3-5-9-16/h6-7,10H,3-5,8-9H2,1-2H3,(H,17,18)(H,19,20). The first-order valence-electron chi connectivity index (χ1n) is 7.64. The van der Waals surface area contributed by atoms with Gasteiger partial charge in [0.05, 0.1) is 17.6 Å². The predicted octanol–water partition coefficient (Wildman–Crippen LogP) is 1.62. The Bertz CT molecular complexity index is 750. The van der Waals surface area contributed by atoms with E-state index in [1.807, 2.05) is 0 Å². The lowest BCUT2D eigenvalue weighted by Crippen LogP contribution is -2.55. The van der Waals surface area contributed by atoms with Crippen LogP contribution in [0, 0.1) is 0 Å². The van der Waals surface area contributed by atoms with E-state index in [0.29, 0.717) is 25.7 Å². The topological polar surface area (TPSA) is 110 Å². The Morgan fingerprint density at radius 1 is 1.21 bits per heavy atom. The zero-order valence-corrected chi connectivity index (χ0v) is 14.5. The summed E-state index contributed by atoms with van der Waals surface area (Å²) in [6.45, 7) is 0. The van der Waals surface area contributed by atoms with E-state index in [9.17, 15) is 23.1 Å². The van der Waals surface area contributed by atoms with Gasteiger partial charge in [-0.3, -0.25) is 4.79 Å². The number of benzene rings is 1. The summed E-state index contributed by atoms with van der Waals surface area (Å²) in [5, 5.41) is 12.1. The summed E-state index contributed by atoms with van der Waals surface area (Å²) in [6, 6.07) is 3.94. The molecular formula is C16H21NO6S. The highest BCUT2D eigenvalue weighted by molar-refractivity contribution is 7.90. The summed E-state index contributed by atoms with van der Waals surface area (Å²) in [6.07, 6.45) is 4.10. The molecule has 0 unspecified atom stereocenters. The zero-order valence-electron chi connectivity index (χ0n) is 13.7. The summed E-state index contributed by atoms with van der Waals surface area (Å²) in [5.74, 6) is -1.54. The van der Waals surface area contributed by atoms with Gasteiger partial charge in [-0.2, -0.15) is 0 Å². The lowest BCUT2D eigenvalue weighted by atomic mass is 9.81. The van der Waals surface area contributed by atoms with Crippen LogP contribution in [0.3, 0.4) is 0 Å². The molecule has 2 rings (SSSR count). The van der Waals surface area contributed by atoms with Gasteiger partial charge in [0.25, 0.3) is 5.91 Å². The number of carbonyl (C=O) groups excluding carboxylic acids is 1. The molecule has 0 radical (unpaired) electrons. The van der Waals surface area contributed by atoms with E-state index in [1.165, 1.54) is 25.3 Å². The van der Waals surface area contributed by atoms with Crippen molar-refractivity contribution in [1.29, 1.82) is 0 Å². The number of carboxylic acid groups (broad SMARTS) is 1. The lowest BCUT2D eigenvalue weighted by Gasteiger charge is -2.34. The molecule has 1 fully saturated rings. The molecular weight excluding hydrogens is 334 g/mol. The van der Waals surface area contributed by atoms with E-state index in [4.69, 9.17) is 4.74 Å². The molecule has 7 nitrogen and oxygen atoms in total. The van der Waals surface area contributed by atoms with E-state index in [0.717, 1.165) is 12.7 Å². The maximum Gasteiger partial charge on any atom is 0.329 e. The monoisotopic (exact) mass is 355 g/mol. The minimum atomic E-state index is -3.50. The smallest absolute Gasteiger partial charge is 0.329 e. The van der Waals surface area contributed by atoms with Gasteiger partial charge in [-0.15, -0.1) is 0 Å². The van der Waals surface area contributed by atoms with Crippen LogP contribution in [0.1, 0.15) is 42.5 Å². The van der Waals surface area contributed by atoms with E-state index in [1.54, 1.807) is 0 Å². The van der Waals surface area contributed by atoms with Crippen LogP contribution >= 0.6 is 0 Å². The van der Waals surface area contributed by atoms with E-state index in [-0.39, 0.29) is 16.2 Å². The van der Waals surface area contributed by atoms with Crippen molar-refractivity contribution >= 4 is 21.7 Å². The van der Waals surface area contributed by atoms with Gasteiger partial charge in [-0.05, 0) is 31.0 Å². The molecule has 0 spiro atoms. The zero-order chi connectivity index (χ0) is 18.0. The average molecular weight is 355 g/mol. The Labute approximate surface area is 140 Å². The number of amides is 1. The lowest BCUT2D eigenvalue weighted by molar-refractivity contribution is -0.145. The number of carbonyl (C=O) groups is 2. The van der Waals surface area contributed by atoms with Gasteiger partial charge in [0, 0.05) is 6.26 Å². The first-order chi connectivity index (χ1) is 11.2. The van der Waals surface area contributed by atoms with Gasteiger partial charge in [0.15, 0.2) is 9.84 Å². The van der Waals surface area contributed by atoms with Crippen LogP contribution < -0.4 is 10.1 Å². The van der Waals surface area contributed by atoms with Gasteiger partial charge in [0.2, 0.25) is 0 Å². The fourth-order valence-corrected chi connectivity index (χ4v) is 3.57. The Hall–Kier alpha value is -2.09. The molecule has 1 aliphatic carbocycles. The van der Waals surface area contributed by atoms with Crippen LogP contribution in [-0.4, -0.2) is 44.3 Å². The summed E-state index contributed by atoms with van der Waals surface area (Å²) in [7, 11) is -2.14. The highest BCUT2D eigenvalue weighted by Crippen LogP contribution is 2.30. The fourth-order valence-electron chi connectivity index (χ4n) is 2.93. The second-order valence-electron chi connectivity index (χ2n) is 6.04. The van der Waals surface area contributed by atoms with Crippen LogP contribution in [0.4, 0.5) is 0 Å². The third kappa shape index (κ3) is 3.69. The Kier molecular flexibility index (Phi) is 5.17. The van der Waals surface area contributed by atoms with Crippen molar-refractivity contribution in [2.45, 2.75) is 42.5 Å². The minimum Gasteiger partial charge on any atom is -0.496 e. The number of sulfone groups is 1. The van der Waals surface area contributed by atoms with Crippen molar-refractivity contribution in [3.63, 3.8) is 0 Å². The fraction of sp³-hybridized carbons (Fsp3) is 0.500. The number of nitrogens with one attached hydrogen (secondary N) is 1. The first-order valence-corrected chi connectivity index (χ1v) is 9.53. The van der Waals surface area contributed by atoms with Crippen molar-refractivity contribution < 1.29 is 27.9 Å². The van der Waals surface area contributed by atoms with E-state index in [2.05, 4.69) is 5.32 Å². The van der Waals surface area contributed by atoms with Crippen LogP contribution in [0.15, 0.2) is 23.1 Å². The molecule has 0 heterocycles. The summed E-state index contributed by atoms with van der Waals surface area (Å²) in [4.78, 5) is 24.3. The van der Waals surface area contributed by atoms with Crippen molar-refractivity contribution in [2.24, 2.45) is 0 Å². The Balaban J connectivity index is 2.39. The first kappa shape index (κ1) is 18.3. The van der Waals surface area contributed by atoms with Crippen LogP contribution in [0.25, 0.3) is 0 Å². The maximum atomic E-state index is 12.6. The van der Waals surface area contributed by atoms with Gasteiger partial charge in [0.1, 0.15) is 11.3 Å². The molecule has 1 aromatic rings. The van der Waals surface area contributed by atoms with E-state index >= 15 is 0 Å². The Morgan fingerprint density at radius 3 is 2.33 bits per heavy atom. The molecule has 0 bridgehead atoms. The van der Waals surface area contributed by atoms with Gasteiger partial charge >= 0.3 is 5.97 Å². The number of hydrogen-bond donors (Lipinski definition) is 2. The third-order valence-electron chi connectivity index (χ3n) is 4.31. The predicted molar refractivity (Wildman–Crippen MR) is 87.0 cm³/mol. The molecule has 0 aromatic heterocycles. The molecule has 1 amide bonds. The van der Waals surface area contributed by atoms with Crippen molar-refractivity contribution in [1.82, 2.24) is 5.32 Å². The van der Waals surface area contributed by atoms with Crippen LogP contribution in [0.2, 0.25) is 0 Å². The third-order valence-corrected chi connectivity index (χ3v) is 5.42. The van der Waals surface area contributed by atoms with Crippen molar-refractivity contribution in [3.8, 4) is 5.75 Å². The number of hydrogen-bond acceptors (Lipinski definition) is 5. The normalized spacial score (nSPS) is 17.1. The molecule has 0 aliphatic heterocycles. The average Bonchev–Trinajstić information content (AvgIpc) is 2.54. The maximum absolute atomic E-state index is 12.6. The quantitative estimate of drug-likeness (QED) is 0.830. The summed E-state index contributed by atoms with van der Waals surface area (Å²) in [5.41, 5.74) is -1.31. The van der Waals surface area contributed by atoms with Gasteiger partial charge < -0.3 is 15.2 Å². The number of carboxylic acids is 1. The molecule has 2 N–H and O–H groups in total. The van der Waals surface area contributed by atoms with Gasteiger partial charge in [-0.1, -0.05) is 19.3 Å². The molecule has 1 aromatic carbocycles.